The number of benzene rings is 2. The number of fused-ring (bicyclic) bond motifs is 1. The highest BCUT2D eigenvalue weighted by molar-refractivity contribution is 6.39. The van der Waals surface area contributed by atoms with Crippen LogP contribution in [0.4, 0.5) is 0 Å². The highest BCUT2D eigenvalue weighted by Crippen LogP contribution is 2.39. The number of carbonyl (C=O) groups is 1. The topological polar surface area (TPSA) is 77.1 Å². The minimum absolute atomic E-state index is 0.0644. The van der Waals surface area contributed by atoms with E-state index in [9.17, 15) is 15.1 Å². The molecule has 2 aromatic heterocycles. The van der Waals surface area contributed by atoms with Gasteiger partial charge in [-0.1, -0.05) is 59.1 Å². The first-order chi connectivity index (χ1) is 13.9. The van der Waals surface area contributed by atoms with Gasteiger partial charge in [-0.15, -0.1) is 0 Å². The molecule has 0 saturated heterocycles. The Morgan fingerprint density at radius 3 is 2.24 bits per heavy atom. The fraction of sp³-hybridized carbons (Fsp3) is 0. The van der Waals surface area contributed by atoms with Crippen LogP contribution >= 0.6 is 34.8 Å². The number of aromatic nitrogens is 2. The number of carboxylic acids is 1. The monoisotopic (exact) mass is 444 g/mol. The van der Waals surface area contributed by atoms with Crippen LogP contribution in [0.25, 0.3) is 33.3 Å². The van der Waals surface area contributed by atoms with Crippen LogP contribution in [0, 0.1) is 5.21 Å². The lowest BCUT2D eigenvalue weighted by atomic mass is 9.98. The van der Waals surface area contributed by atoms with E-state index >= 15 is 0 Å². The summed E-state index contributed by atoms with van der Waals surface area (Å²) in [5.41, 5.74) is 1.41. The van der Waals surface area contributed by atoms with Crippen LogP contribution in [0.1, 0.15) is 10.5 Å². The van der Waals surface area contributed by atoms with Gasteiger partial charge < -0.3 is 10.3 Å². The van der Waals surface area contributed by atoms with Crippen LogP contribution in [0.2, 0.25) is 15.1 Å². The Balaban J connectivity index is 2.19. The van der Waals surface area contributed by atoms with Crippen molar-refractivity contribution < 1.29 is 14.6 Å². The van der Waals surface area contributed by atoms with Crippen LogP contribution < -0.4 is 4.73 Å². The molecule has 0 spiro atoms. The van der Waals surface area contributed by atoms with Crippen LogP contribution in [-0.2, 0) is 0 Å². The van der Waals surface area contributed by atoms with Gasteiger partial charge >= 0.3 is 5.97 Å². The Bertz CT molecular complexity index is 1270. The molecule has 0 saturated carbocycles. The molecule has 144 valence electrons. The standard InChI is InChI=1S/C21H11Cl3N2O3/c22-14-5-2-1-4-11(14)13-10-17(21(27)28)25-19-12(13)8-9-26(29)20(19)18-15(23)6-3-7-16(18)24/h1-10H,(H,27,28). The predicted octanol–water partition coefficient (Wildman–Crippen LogP) is 5.86. The number of hydrogen-bond acceptors (Lipinski definition) is 3. The molecule has 0 atom stereocenters. The number of halogens is 3. The fourth-order valence-electron chi connectivity index (χ4n) is 3.19. The molecule has 2 heterocycles. The van der Waals surface area contributed by atoms with Gasteiger partial charge in [0, 0.05) is 22.0 Å². The summed E-state index contributed by atoms with van der Waals surface area (Å²) in [5.74, 6) is -1.24. The molecule has 4 rings (SSSR count). The average molecular weight is 446 g/mol. The van der Waals surface area contributed by atoms with Crippen molar-refractivity contribution >= 4 is 51.7 Å². The van der Waals surface area contributed by atoms with E-state index in [4.69, 9.17) is 34.8 Å². The van der Waals surface area contributed by atoms with E-state index in [0.29, 0.717) is 26.3 Å². The summed E-state index contributed by atoms with van der Waals surface area (Å²) in [7, 11) is 0. The quantitative estimate of drug-likeness (QED) is 0.316. The molecular weight excluding hydrogens is 435 g/mol. The lowest BCUT2D eigenvalue weighted by Crippen LogP contribution is -2.29. The van der Waals surface area contributed by atoms with E-state index in [-0.39, 0.29) is 32.5 Å². The molecule has 0 radical (unpaired) electrons. The lowest BCUT2D eigenvalue weighted by Gasteiger charge is -2.14. The number of hydrogen-bond donors (Lipinski definition) is 1. The van der Waals surface area contributed by atoms with Crippen molar-refractivity contribution in [3.63, 3.8) is 0 Å². The van der Waals surface area contributed by atoms with Gasteiger partial charge in [0.15, 0.2) is 6.20 Å². The third-order valence-corrected chi connectivity index (χ3v) is 5.42. The maximum Gasteiger partial charge on any atom is 0.354 e. The van der Waals surface area contributed by atoms with Gasteiger partial charge in [-0.25, -0.2) is 9.78 Å². The van der Waals surface area contributed by atoms with Gasteiger partial charge in [-0.05, 0) is 29.8 Å². The summed E-state index contributed by atoms with van der Waals surface area (Å²) in [6, 6.07) is 14.9. The smallest absolute Gasteiger partial charge is 0.354 e. The summed E-state index contributed by atoms with van der Waals surface area (Å²) in [4.78, 5) is 16.0. The molecule has 0 unspecified atom stereocenters. The van der Waals surface area contributed by atoms with Gasteiger partial charge in [0.25, 0.3) is 5.69 Å². The molecule has 0 bridgehead atoms. The van der Waals surface area contributed by atoms with E-state index < -0.39 is 5.97 Å². The lowest BCUT2D eigenvalue weighted by molar-refractivity contribution is -0.592. The van der Waals surface area contributed by atoms with Crippen molar-refractivity contribution in [1.29, 1.82) is 0 Å². The highest BCUT2D eigenvalue weighted by Gasteiger charge is 2.25. The van der Waals surface area contributed by atoms with Crippen molar-refractivity contribution in [3.05, 3.63) is 86.8 Å². The second-order valence-corrected chi connectivity index (χ2v) is 7.41. The van der Waals surface area contributed by atoms with Crippen LogP contribution in [0.15, 0.2) is 60.8 Å². The van der Waals surface area contributed by atoms with Crippen LogP contribution in [0.5, 0.6) is 0 Å². The van der Waals surface area contributed by atoms with E-state index in [1.54, 1.807) is 48.5 Å². The molecule has 0 amide bonds. The van der Waals surface area contributed by atoms with Crippen LogP contribution in [-0.4, -0.2) is 16.1 Å². The highest BCUT2D eigenvalue weighted by atomic mass is 35.5. The molecule has 5 nitrogen and oxygen atoms in total. The zero-order chi connectivity index (χ0) is 20.7. The maximum absolute atomic E-state index is 12.7. The van der Waals surface area contributed by atoms with Crippen LogP contribution in [0.3, 0.4) is 0 Å². The van der Waals surface area contributed by atoms with E-state index in [1.807, 2.05) is 0 Å². The second-order valence-electron chi connectivity index (χ2n) is 6.19. The van der Waals surface area contributed by atoms with Crippen molar-refractivity contribution in [1.82, 2.24) is 4.98 Å². The third kappa shape index (κ3) is 3.38. The van der Waals surface area contributed by atoms with Gasteiger partial charge in [-0.2, -0.15) is 4.73 Å². The van der Waals surface area contributed by atoms with E-state index in [1.165, 1.54) is 12.3 Å². The first-order valence-electron chi connectivity index (χ1n) is 8.38. The number of aromatic carboxylic acids is 1. The number of pyridine rings is 2. The number of carboxylic acid groups (broad SMARTS) is 1. The van der Waals surface area contributed by atoms with Gasteiger partial charge in [0.2, 0.25) is 0 Å². The first kappa shape index (κ1) is 19.5. The zero-order valence-electron chi connectivity index (χ0n) is 14.6. The predicted molar refractivity (Wildman–Crippen MR) is 114 cm³/mol. The number of nitrogens with zero attached hydrogens (tertiary/aromatic N) is 2. The Morgan fingerprint density at radius 1 is 0.931 bits per heavy atom. The zero-order valence-corrected chi connectivity index (χ0v) is 16.8. The van der Waals surface area contributed by atoms with Crippen molar-refractivity contribution in [3.8, 4) is 22.4 Å². The summed E-state index contributed by atoms with van der Waals surface area (Å²) in [6.07, 6.45) is 1.31. The van der Waals surface area contributed by atoms with E-state index in [0.717, 1.165) is 0 Å². The normalized spacial score (nSPS) is 11.0. The molecule has 0 fully saturated rings. The molecule has 1 N–H and O–H groups in total. The molecule has 0 aliphatic rings. The molecule has 0 aliphatic carbocycles. The summed E-state index contributed by atoms with van der Waals surface area (Å²) in [5, 5.41) is 23.8. The van der Waals surface area contributed by atoms with Crippen molar-refractivity contribution in [2.45, 2.75) is 0 Å². The Labute approximate surface area is 180 Å². The van der Waals surface area contributed by atoms with Gasteiger partial charge in [-0.3, -0.25) is 0 Å². The summed E-state index contributed by atoms with van der Waals surface area (Å²) in [6.45, 7) is 0. The SMILES string of the molecule is O=C(O)c1cc(-c2ccccc2Cl)c2cc[n+]([O-])c(-c3c(Cl)cccc3Cl)c2n1. The van der Waals surface area contributed by atoms with Gasteiger partial charge in [0.1, 0.15) is 11.2 Å². The van der Waals surface area contributed by atoms with E-state index in [2.05, 4.69) is 4.98 Å². The Morgan fingerprint density at radius 2 is 1.59 bits per heavy atom. The molecule has 29 heavy (non-hydrogen) atoms. The minimum atomic E-state index is -1.24. The summed E-state index contributed by atoms with van der Waals surface area (Å²) < 4.78 is 0.574. The first-order valence-corrected chi connectivity index (χ1v) is 9.51. The largest absolute Gasteiger partial charge is 0.618 e. The minimum Gasteiger partial charge on any atom is -0.618 e. The molecule has 2 aromatic carbocycles. The average Bonchev–Trinajstić information content (AvgIpc) is 2.69. The molecule has 8 heteroatoms. The van der Waals surface area contributed by atoms with Gasteiger partial charge in [0.05, 0.1) is 15.6 Å². The Kier molecular flexibility index (Phi) is 5.04. The fourth-order valence-corrected chi connectivity index (χ4v) is 4.00. The molecule has 4 aromatic rings. The Hall–Kier alpha value is -2.86. The van der Waals surface area contributed by atoms with Crippen molar-refractivity contribution in [2.75, 3.05) is 0 Å². The third-order valence-electron chi connectivity index (χ3n) is 4.46. The summed E-state index contributed by atoms with van der Waals surface area (Å²) >= 11 is 19.0. The molecular formula is C21H11Cl3N2O3. The number of rotatable bonds is 3. The maximum atomic E-state index is 12.7. The van der Waals surface area contributed by atoms with Crippen molar-refractivity contribution in [2.24, 2.45) is 0 Å². The molecule has 0 aliphatic heterocycles. The second kappa shape index (κ2) is 7.52.